The molecule has 2 aromatic carbocycles. The molecule has 0 aliphatic rings. The number of benzene rings is 2. The van der Waals surface area contributed by atoms with Gasteiger partial charge in [-0.3, -0.25) is 4.79 Å². The Hall–Kier alpha value is -3.60. The summed E-state index contributed by atoms with van der Waals surface area (Å²) in [4.78, 5) is 24.1. The minimum Gasteiger partial charge on any atom is -0.496 e. The number of amides is 2. The van der Waals surface area contributed by atoms with E-state index in [4.69, 9.17) is 20.9 Å². The first-order chi connectivity index (χ1) is 16.6. The first-order valence-corrected chi connectivity index (χ1v) is 12.6. The summed E-state index contributed by atoms with van der Waals surface area (Å²) < 4.78 is 40.7. The SMILES string of the molecule is COc1cc(C)c(S(=O)(=O)/N=C(\N)c2cccc(CC(NC(=O)OC(C)(C)C)C(N)=O)c2)c(C)c1C. The molecular formula is C25H34N4O6S. The van der Waals surface area contributed by atoms with Crippen molar-refractivity contribution in [1.29, 1.82) is 0 Å². The van der Waals surface area contributed by atoms with E-state index in [1.807, 2.05) is 0 Å². The van der Waals surface area contributed by atoms with Gasteiger partial charge >= 0.3 is 6.09 Å². The van der Waals surface area contributed by atoms with Crippen LogP contribution in [0.25, 0.3) is 0 Å². The quantitative estimate of drug-likeness (QED) is 0.357. The highest BCUT2D eigenvalue weighted by atomic mass is 32.2. The molecule has 0 bridgehead atoms. The number of amidine groups is 1. The molecule has 5 N–H and O–H groups in total. The van der Waals surface area contributed by atoms with E-state index < -0.39 is 33.7 Å². The zero-order valence-electron chi connectivity index (χ0n) is 21.6. The molecule has 1 atom stereocenters. The summed E-state index contributed by atoms with van der Waals surface area (Å²) >= 11 is 0. The molecule has 2 aromatic rings. The molecule has 1 unspecified atom stereocenters. The van der Waals surface area contributed by atoms with Gasteiger partial charge in [-0.1, -0.05) is 18.2 Å². The molecule has 11 heteroatoms. The number of nitrogens with one attached hydrogen (secondary N) is 1. The van der Waals surface area contributed by atoms with Gasteiger partial charge in [0.25, 0.3) is 10.0 Å². The van der Waals surface area contributed by atoms with Gasteiger partial charge in [-0.2, -0.15) is 8.42 Å². The summed E-state index contributed by atoms with van der Waals surface area (Å²) in [5.41, 5.74) is 13.4. The van der Waals surface area contributed by atoms with Crippen LogP contribution in [0.4, 0.5) is 4.79 Å². The third-order valence-electron chi connectivity index (χ3n) is 5.37. The van der Waals surface area contributed by atoms with Crippen molar-refractivity contribution >= 4 is 27.9 Å². The highest BCUT2D eigenvalue weighted by Crippen LogP contribution is 2.31. The van der Waals surface area contributed by atoms with Crippen molar-refractivity contribution in [2.24, 2.45) is 15.9 Å². The predicted octanol–water partition coefficient (Wildman–Crippen LogP) is 2.64. The van der Waals surface area contributed by atoms with Crippen LogP contribution in [0.5, 0.6) is 5.75 Å². The second-order valence-corrected chi connectivity index (χ2v) is 11.0. The zero-order chi connectivity index (χ0) is 27.4. The standard InChI is InChI=1S/C25H34N4O6S/c1-14-11-20(34-7)15(2)16(3)21(14)36(32,33)29-22(26)18-10-8-9-17(12-18)13-19(23(27)30)28-24(31)35-25(4,5)6/h8-12,19H,13H2,1-7H3,(H2,26,29)(H2,27,30)(H,28,31). The number of nitrogens with zero attached hydrogens (tertiary/aromatic N) is 1. The van der Waals surface area contributed by atoms with Crippen LogP contribution in [0.2, 0.25) is 0 Å². The molecule has 196 valence electrons. The number of methoxy groups -OCH3 is 1. The Labute approximate surface area is 212 Å². The number of carbonyl (C=O) groups is 2. The summed E-state index contributed by atoms with van der Waals surface area (Å²) in [6.07, 6.45) is -0.742. The number of alkyl carbamates (subject to hydrolysis) is 1. The van der Waals surface area contributed by atoms with Gasteiger partial charge in [0.05, 0.1) is 12.0 Å². The summed E-state index contributed by atoms with van der Waals surface area (Å²) in [5, 5.41) is 2.45. The molecule has 36 heavy (non-hydrogen) atoms. The third-order valence-corrected chi connectivity index (χ3v) is 6.95. The lowest BCUT2D eigenvalue weighted by atomic mass is 10.0. The highest BCUT2D eigenvalue weighted by Gasteiger charge is 2.25. The maximum Gasteiger partial charge on any atom is 0.408 e. The molecule has 0 aliphatic heterocycles. The lowest BCUT2D eigenvalue weighted by molar-refractivity contribution is -0.120. The third kappa shape index (κ3) is 7.20. The van der Waals surface area contributed by atoms with Gasteiger partial charge in [0.2, 0.25) is 5.91 Å². The summed E-state index contributed by atoms with van der Waals surface area (Å²) in [6, 6.07) is 7.10. The number of ether oxygens (including phenoxy) is 2. The van der Waals surface area contributed by atoms with Crippen LogP contribution in [-0.4, -0.2) is 45.0 Å². The number of sulfonamides is 1. The monoisotopic (exact) mass is 518 g/mol. The second kappa shape index (κ2) is 11.0. The molecular weight excluding hydrogens is 484 g/mol. The maximum atomic E-state index is 13.2. The number of hydrogen-bond donors (Lipinski definition) is 3. The molecule has 0 fully saturated rings. The number of nitrogens with two attached hydrogens (primary N) is 2. The Balaban J connectivity index is 2.35. The van der Waals surface area contributed by atoms with E-state index >= 15 is 0 Å². The smallest absolute Gasteiger partial charge is 0.408 e. The van der Waals surface area contributed by atoms with Gasteiger partial charge in [-0.15, -0.1) is 4.40 Å². The molecule has 0 aromatic heterocycles. The first kappa shape index (κ1) is 28.6. The Bertz CT molecular complexity index is 1300. The fourth-order valence-corrected chi connectivity index (χ4v) is 5.09. The fourth-order valence-electron chi connectivity index (χ4n) is 3.62. The first-order valence-electron chi connectivity index (χ1n) is 11.2. The Morgan fingerprint density at radius 2 is 1.72 bits per heavy atom. The predicted molar refractivity (Wildman–Crippen MR) is 138 cm³/mol. The fraction of sp³-hybridized carbons (Fsp3) is 0.400. The zero-order valence-corrected chi connectivity index (χ0v) is 22.4. The van der Waals surface area contributed by atoms with Crippen LogP contribution >= 0.6 is 0 Å². The summed E-state index contributed by atoms with van der Waals surface area (Å²) in [6.45, 7) is 10.2. The highest BCUT2D eigenvalue weighted by molar-refractivity contribution is 7.90. The normalized spacial score (nSPS) is 13.1. The molecule has 0 radical (unpaired) electrons. The van der Waals surface area contributed by atoms with Crippen LogP contribution in [0.1, 0.15) is 48.6 Å². The second-order valence-electron chi connectivity index (χ2n) is 9.43. The van der Waals surface area contributed by atoms with Gasteiger partial charge in [0, 0.05) is 12.0 Å². The van der Waals surface area contributed by atoms with Crippen molar-refractivity contribution in [3.8, 4) is 5.75 Å². The topological polar surface area (TPSA) is 163 Å². The number of aryl methyl sites for hydroxylation is 1. The Kier molecular flexibility index (Phi) is 8.74. The molecule has 0 heterocycles. The van der Waals surface area contributed by atoms with Crippen LogP contribution < -0.4 is 21.5 Å². The number of hydrogen-bond acceptors (Lipinski definition) is 6. The van der Waals surface area contributed by atoms with Crippen LogP contribution in [0, 0.1) is 20.8 Å². The molecule has 0 aliphatic carbocycles. The van der Waals surface area contributed by atoms with Gasteiger partial charge in [0.15, 0.2) is 0 Å². The largest absolute Gasteiger partial charge is 0.496 e. The van der Waals surface area contributed by atoms with Crippen LogP contribution in [0.15, 0.2) is 39.6 Å². The molecule has 0 saturated carbocycles. The Morgan fingerprint density at radius 3 is 2.28 bits per heavy atom. The van der Waals surface area contributed by atoms with E-state index in [0.717, 1.165) is 0 Å². The maximum absolute atomic E-state index is 13.2. The average Bonchev–Trinajstić information content (AvgIpc) is 2.74. The van der Waals surface area contributed by atoms with E-state index in [-0.39, 0.29) is 17.2 Å². The molecule has 10 nitrogen and oxygen atoms in total. The summed E-state index contributed by atoms with van der Waals surface area (Å²) in [5.74, 6) is -0.395. The van der Waals surface area contributed by atoms with Crippen molar-refractivity contribution in [2.45, 2.75) is 64.5 Å². The van der Waals surface area contributed by atoms with E-state index in [2.05, 4.69) is 9.71 Å². The Morgan fingerprint density at radius 1 is 1.08 bits per heavy atom. The lowest BCUT2D eigenvalue weighted by Gasteiger charge is -2.22. The number of rotatable bonds is 8. The number of primary amides is 1. The van der Waals surface area contributed by atoms with E-state index in [1.54, 1.807) is 71.9 Å². The van der Waals surface area contributed by atoms with Crippen molar-refractivity contribution in [3.05, 3.63) is 58.1 Å². The van der Waals surface area contributed by atoms with Gasteiger partial charge < -0.3 is 26.3 Å². The summed E-state index contributed by atoms with van der Waals surface area (Å²) in [7, 11) is -2.62. The van der Waals surface area contributed by atoms with Gasteiger partial charge in [-0.05, 0) is 75.9 Å². The molecule has 0 saturated heterocycles. The van der Waals surface area contributed by atoms with E-state index in [0.29, 0.717) is 33.6 Å². The average molecular weight is 519 g/mol. The van der Waals surface area contributed by atoms with E-state index in [9.17, 15) is 18.0 Å². The van der Waals surface area contributed by atoms with Gasteiger partial charge in [-0.25, -0.2) is 4.79 Å². The minimum atomic E-state index is -4.14. The lowest BCUT2D eigenvalue weighted by Crippen LogP contribution is -2.47. The molecule has 2 amide bonds. The van der Waals surface area contributed by atoms with Crippen LogP contribution in [0.3, 0.4) is 0 Å². The van der Waals surface area contributed by atoms with Crippen molar-refractivity contribution in [2.75, 3.05) is 7.11 Å². The van der Waals surface area contributed by atoms with Gasteiger partial charge in [0.1, 0.15) is 23.2 Å². The van der Waals surface area contributed by atoms with Crippen molar-refractivity contribution in [1.82, 2.24) is 5.32 Å². The number of carbonyl (C=O) groups excluding carboxylic acids is 2. The van der Waals surface area contributed by atoms with Crippen molar-refractivity contribution < 1.29 is 27.5 Å². The van der Waals surface area contributed by atoms with Crippen LogP contribution in [-0.2, 0) is 26.0 Å². The molecule has 0 spiro atoms. The van der Waals surface area contributed by atoms with Crippen molar-refractivity contribution in [3.63, 3.8) is 0 Å². The van der Waals surface area contributed by atoms with E-state index in [1.165, 1.54) is 7.11 Å². The minimum absolute atomic E-state index is 0.0400. The molecule has 2 rings (SSSR count).